The molecule has 0 radical (unpaired) electrons. The zero-order valence-corrected chi connectivity index (χ0v) is 64.1. The van der Waals surface area contributed by atoms with Crippen molar-refractivity contribution in [3.63, 3.8) is 0 Å². The Bertz CT molecular complexity index is 1870. The minimum Gasteiger partial charge on any atom is -0.462 e. The van der Waals surface area contributed by atoms with E-state index >= 15 is 0 Å². The highest BCUT2D eigenvalue weighted by Gasteiger charge is 2.30. The molecule has 0 aromatic carbocycles. The first-order valence-electron chi connectivity index (χ1n) is 39.2. The molecular weight excluding hydrogens is 1250 g/mol. The number of hydrogen-bond acceptors (Lipinski definition) is 15. The predicted molar refractivity (Wildman–Crippen MR) is 386 cm³/mol. The first-order valence-corrected chi connectivity index (χ1v) is 42.2. The monoisotopic (exact) mass is 1400 g/mol. The van der Waals surface area contributed by atoms with E-state index < -0.39 is 97.5 Å². The molecule has 0 fully saturated rings. The Morgan fingerprint density at radius 2 is 0.505 bits per heavy atom. The minimum atomic E-state index is -4.96. The summed E-state index contributed by atoms with van der Waals surface area (Å²) in [7, 11) is -9.91. The van der Waals surface area contributed by atoms with Gasteiger partial charge >= 0.3 is 39.5 Å². The summed E-state index contributed by atoms with van der Waals surface area (Å²) in [6.07, 6.45) is 50.4. The van der Waals surface area contributed by atoms with Gasteiger partial charge in [-0.2, -0.15) is 0 Å². The molecule has 6 atom stereocenters. The van der Waals surface area contributed by atoms with E-state index in [4.69, 9.17) is 37.0 Å². The molecule has 0 aromatic rings. The molecule has 0 rings (SSSR count). The number of aliphatic hydroxyl groups is 1. The maximum Gasteiger partial charge on any atom is 0.472 e. The second kappa shape index (κ2) is 65.4. The van der Waals surface area contributed by atoms with Gasteiger partial charge < -0.3 is 33.8 Å². The average Bonchev–Trinajstić information content (AvgIpc) is 1.81. The number of hydrogen-bond donors (Lipinski definition) is 3. The van der Waals surface area contributed by atoms with Crippen LogP contribution in [-0.2, 0) is 65.4 Å². The summed E-state index contributed by atoms with van der Waals surface area (Å²) in [5.41, 5.74) is 0. The van der Waals surface area contributed by atoms with Gasteiger partial charge in [-0.25, -0.2) is 9.13 Å². The number of esters is 4. The van der Waals surface area contributed by atoms with Gasteiger partial charge in [-0.1, -0.05) is 331 Å². The Labute approximate surface area is 581 Å². The lowest BCUT2D eigenvalue weighted by Crippen LogP contribution is -2.30. The Morgan fingerprint density at radius 1 is 0.295 bits per heavy atom. The topological polar surface area (TPSA) is 237 Å². The van der Waals surface area contributed by atoms with E-state index in [0.717, 1.165) is 108 Å². The fourth-order valence-corrected chi connectivity index (χ4v) is 13.1. The van der Waals surface area contributed by atoms with Crippen LogP contribution in [0.5, 0.6) is 0 Å². The number of carbonyl (C=O) groups excluding carboxylic acids is 4. The lowest BCUT2D eigenvalue weighted by Gasteiger charge is -2.21. The third-order valence-corrected chi connectivity index (χ3v) is 19.8. The molecule has 19 heteroatoms. The molecule has 0 aliphatic carbocycles. The van der Waals surface area contributed by atoms with Crippen molar-refractivity contribution in [2.24, 2.45) is 23.7 Å². The van der Waals surface area contributed by atoms with Gasteiger partial charge in [-0.05, 0) is 49.4 Å². The second-order valence-electron chi connectivity index (χ2n) is 29.1. The van der Waals surface area contributed by atoms with Gasteiger partial charge in [0.15, 0.2) is 12.2 Å². The van der Waals surface area contributed by atoms with E-state index in [1.54, 1.807) is 0 Å². The third kappa shape index (κ3) is 69.0. The largest absolute Gasteiger partial charge is 0.472 e. The van der Waals surface area contributed by atoms with E-state index in [1.165, 1.54) is 180 Å². The van der Waals surface area contributed by atoms with Gasteiger partial charge in [0.05, 0.1) is 26.4 Å². The summed E-state index contributed by atoms with van der Waals surface area (Å²) >= 11 is 0. The molecule has 0 saturated heterocycles. The van der Waals surface area contributed by atoms with Gasteiger partial charge in [0.2, 0.25) is 0 Å². The summed E-state index contributed by atoms with van der Waals surface area (Å²) in [6.45, 7) is 14.1. The minimum absolute atomic E-state index is 0.101. The van der Waals surface area contributed by atoms with Crippen LogP contribution in [0.1, 0.15) is 383 Å². The molecule has 95 heavy (non-hydrogen) atoms. The van der Waals surface area contributed by atoms with Crippen LogP contribution in [0.3, 0.4) is 0 Å². The van der Waals surface area contributed by atoms with E-state index in [9.17, 15) is 43.2 Å². The normalized spacial score (nSPS) is 14.4. The van der Waals surface area contributed by atoms with Crippen molar-refractivity contribution in [3.05, 3.63) is 0 Å². The number of ether oxygens (including phenoxy) is 4. The van der Waals surface area contributed by atoms with Crippen molar-refractivity contribution in [2.75, 3.05) is 39.6 Å². The van der Waals surface area contributed by atoms with Gasteiger partial charge in [0, 0.05) is 25.7 Å². The van der Waals surface area contributed by atoms with Crippen molar-refractivity contribution in [1.29, 1.82) is 0 Å². The van der Waals surface area contributed by atoms with Gasteiger partial charge in [0.1, 0.15) is 19.3 Å². The molecule has 0 aliphatic rings. The summed E-state index contributed by atoms with van der Waals surface area (Å²) in [4.78, 5) is 72.7. The Morgan fingerprint density at radius 3 is 0.747 bits per heavy atom. The zero-order chi connectivity index (χ0) is 70.3. The smallest absolute Gasteiger partial charge is 0.462 e. The van der Waals surface area contributed by atoms with E-state index in [-0.39, 0.29) is 25.7 Å². The molecule has 0 saturated carbocycles. The summed E-state index contributed by atoms with van der Waals surface area (Å²) in [5, 5.41) is 10.6. The molecule has 3 N–H and O–H groups in total. The molecule has 0 heterocycles. The van der Waals surface area contributed by atoms with Crippen LogP contribution in [0.25, 0.3) is 0 Å². The molecular formula is C76H148O17P2. The van der Waals surface area contributed by atoms with Crippen LogP contribution in [0.2, 0.25) is 0 Å². The molecule has 3 unspecified atom stereocenters. The molecule has 0 aromatic heterocycles. The van der Waals surface area contributed by atoms with Crippen LogP contribution in [0, 0.1) is 23.7 Å². The summed E-state index contributed by atoms with van der Waals surface area (Å²) in [6, 6.07) is 0. The number of aliphatic hydroxyl groups excluding tert-OH is 1. The van der Waals surface area contributed by atoms with Crippen LogP contribution in [0.4, 0.5) is 0 Å². The van der Waals surface area contributed by atoms with Crippen molar-refractivity contribution in [1.82, 2.24) is 0 Å². The number of phosphoric acid groups is 2. The van der Waals surface area contributed by atoms with E-state index in [2.05, 4.69) is 55.4 Å². The Kier molecular flexibility index (Phi) is 64.0. The van der Waals surface area contributed by atoms with E-state index in [0.29, 0.717) is 37.5 Å². The highest BCUT2D eigenvalue weighted by Crippen LogP contribution is 2.45. The molecule has 0 aliphatic heterocycles. The third-order valence-electron chi connectivity index (χ3n) is 17.9. The SMILES string of the molecule is CCC(C)CCCCCCCCCCCCCCCCC(=O)OC[C@H](COP(=O)(O)OC[C@@H](O)COP(=O)(O)OC[C@@H](COC(=O)CCCCCCCCC(C)C)OC(=O)CCCCCCCCC(C)C)OC(=O)CCCCCCCCCCCCCCCCCCC(C)C. The number of phosphoric ester groups is 2. The van der Waals surface area contributed by atoms with E-state index in [1.807, 2.05) is 0 Å². The van der Waals surface area contributed by atoms with Crippen molar-refractivity contribution >= 4 is 39.5 Å². The number of unbranched alkanes of at least 4 members (excludes halogenated alkanes) is 38. The van der Waals surface area contributed by atoms with Crippen LogP contribution in [-0.4, -0.2) is 96.7 Å². The maximum atomic E-state index is 13.1. The molecule has 17 nitrogen and oxygen atoms in total. The highest BCUT2D eigenvalue weighted by molar-refractivity contribution is 7.47. The average molecular weight is 1400 g/mol. The lowest BCUT2D eigenvalue weighted by molar-refractivity contribution is -0.161. The standard InChI is InChI=1S/C76H148O17P2/c1-9-69(8)55-47-39-29-25-21-17-14-15-18-22-26-30-40-48-56-73(78)86-62-71(92-75(80)58-50-42-31-27-23-19-13-11-10-12-16-20-24-28-36-44-52-66(2)3)64-90-94(82,83)88-60-70(77)61-89-95(84,85)91-65-72(93-76(81)59-51-43-35-33-38-46-54-68(6)7)63-87-74(79)57-49-41-34-32-37-45-53-67(4)5/h66-72,77H,9-65H2,1-8H3,(H,82,83)(H,84,85)/t69?,70-,71-,72-/m1/s1. The van der Waals surface area contributed by atoms with Crippen molar-refractivity contribution in [3.8, 4) is 0 Å². The molecule has 0 amide bonds. The highest BCUT2D eigenvalue weighted by atomic mass is 31.2. The van der Waals surface area contributed by atoms with Gasteiger partial charge in [0.25, 0.3) is 0 Å². The fourth-order valence-electron chi connectivity index (χ4n) is 11.5. The van der Waals surface area contributed by atoms with Crippen LogP contribution >= 0.6 is 15.6 Å². The molecule has 564 valence electrons. The first-order chi connectivity index (χ1) is 45.6. The van der Waals surface area contributed by atoms with Crippen molar-refractivity contribution < 1.29 is 80.2 Å². The molecule has 0 bridgehead atoms. The first kappa shape index (κ1) is 93.1. The van der Waals surface area contributed by atoms with Crippen LogP contribution < -0.4 is 0 Å². The summed E-state index contributed by atoms with van der Waals surface area (Å²) in [5.74, 6) is 0.880. The lowest BCUT2D eigenvalue weighted by atomic mass is 9.99. The Hall–Kier alpha value is -1.94. The Balaban J connectivity index is 5.20. The second-order valence-corrected chi connectivity index (χ2v) is 32.0. The fraction of sp³-hybridized carbons (Fsp3) is 0.947. The summed E-state index contributed by atoms with van der Waals surface area (Å²) < 4.78 is 68.4. The van der Waals surface area contributed by atoms with Gasteiger partial charge in [-0.15, -0.1) is 0 Å². The predicted octanol–water partition coefficient (Wildman–Crippen LogP) is 22.0. The van der Waals surface area contributed by atoms with Crippen molar-refractivity contribution in [2.45, 2.75) is 401 Å². The van der Waals surface area contributed by atoms with Gasteiger partial charge in [-0.3, -0.25) is 37.3 Å². The zero-order valence-electron chi connectivity index (χ0n) is 62.3. The van der Waals surface area contributed by atoms with Crippen LogP contribution in [0.15, 0.2) is 0 Å². The number of carbonyl (C=O) groups is 4. The number of rotatable bonds is 73. The maximum absolute atomic E-state index is 13.1. The quantitative estimate of drug-likeness (QED) is 0.0222. The molecule has 0 spiro atoms.